The zero-order valence-electron chi connectivity index (χ0n) is 13.0. The maximum absolute atomic E-state index is 12.6. The van der Waals surface area contributed by atoms with E-state index in [2.05, 4.69) is 4.98 Å². The number of rotatable bonds is 3. The average molecular weight is 343 g/mol. The molecule has 1 aromatic heterocycles. The zero-order valence-corrected chi connectivity index (χ0v) is 13.8. The highest BCUT2D eigenvalue weighted by Crippen LogP contribution is 2.50. The molecular formula is C18H15ClN2O3. The molecule has 0 aliphatic heterocycles. The number of hydrogen-bond acceptors (Lipinski definition) is 3. The van der Waals surface area contributed by atoms with Gasteiger partial charge in [0, 0.05) is 5.02 Å². The maximum Gasteiger partial charge on any atom is 0.337 e. The minimum Gasteiger partial charge on any atom is -0.465 e. The number of carbonyl (C=O) groups excluding carboxylic acids is 1. The molecule has 1 heterocycles. The fourth-order valence-corrected chi connectivity index (χ4v) is 3.49. The maximum atomic E-state index is 12.6. The van der Waals surface area contributed by atoms with E-state index in [4.69, 9.17) is 16.3 Å². The van der Waals surface area contributed by atoms with Gasteiger partial charge in [-0.05, 0) is 48.7 Å². The molecule has 122 valence electrons. The second-order valence-electron chi connectivity index (χ2n) is 6.03. The van der Waals surface area contributed by atoms with E-state index < -0.39 is 5.54 Å². The number of fused-ring (bicyclic) bond motifs is 1. The van der Waals surface area contributed by atoms with E-state index >= 15 is 0 Å². The highest BCUT2D eigenvalue weighted by atomic mass is 35.5. The predicted molar refractivity (Wildman–Crippen MR) is 91.7 cm³/mol. The minimum absolute atomic E-state index is 0.173. The van der Waals surface area contributed by atoms with Gasteiger partial charge in [-0.25, -0.2) is 9.59 Å². The largest absolute Gasteiger partial charge is 0.465 e. The van der Waals surface area contributed by atoms with E-state index in [1.807, 2.05) is 18.2 Å². The van der Waals surface area contributed by atoms with Crippen molar-refractivity contribution in [1.82, 2.24) is 9.55 Å². The molecule has 3 aromatic rings. The molecule has 0 atom stereocenters. The van der Waals surface area contributed by atoms with Crippen molar-refractivity contribution in [3.05, 3.63) is 69.1 Å². The van der Waals surface area contributed by atoms with Gasteiger partial charge in [-0.3, -0.25) is 4.57 Å². The molecule has 0 saturated heterocycles. The second-order valence-corrected chi connectivity index (χ2v) is 6.47. The summed E-state index contributed by atoms with van der Waals surface area (Å²) in [7, 11) is 1.36. The third-order valence-electron chi connectivity index (χ3n) is 4.62. The lowest BCUT2D eigenvalue weighted by atomic mass is 10.0. The summed E-state index contributed by atoms with van der Waals surface area (Å²) in [4.78, 5) is 27.2. The number of ether oxygens (including phenoxy) is 1. The van der Waals surface area contributed by atoms with E-state index in [0.717, 1.165) is 23.9 Å². The third-order valence-corrected chi connectivity index (χ3v) is 4.85. The fourth-order valence-electron chi connectivity index (χ4n) is 3.32. The van der Waals surface area contributed by atoms with Crippen molar-refractivity contribution in [2.24, 2.45) is 0 Å². The van der Waals surface area contributed by atoms with Crippen molar-refractivity contribution in [2.75, 3.05) is 7.11 Å². The SMILES string of the molecule is COC(=O)c1cccc(C2(n3c(=O)[nH]c4cc(Cl)ccc43)CC2)c1. The number of methoxy groups -OCH3 is 1. The van der Waals surface area contributed by atoms with Gasteiger partial charge in [-0.2, -0.15) is 0 Å². The highest BCUT2D eigenvalue weighted by Gasteiger charge is 2.48. The van der Waals surface area contributed by atoms with Crippen LogP contribution in [-0.2, 0) is 10.3 Å². The van der Waals surface area contributed by atoms with Crippen LogP contribution in [0.25, 0.3) is 11.0 Å². The molecule has 5 nitrogen and oxygen atoms in total. The van der Waals surface area contributed by atoms with Crippen molar-refractivity contribution in [3.8, 4) is 0 Å². The molecule has 1 fully saturated rings. The minimum atomic E-state index is -0.423. The Labute approximate surface area is 142 Å². The molecule has 6 heteroatoms. The molecule has 2 aromatic carbocycles. The van der Waals surface area contributed by atoms with Gasteiger partial charge >= 0.3 is 11.7 Å². The average Bonchev–Trinajstić information content (AvgIpc) is 3.31. The number of aromatic nitrogens is 2. The molecular weight excluding hydrogens is 328 g/mol. The summed E-state index contributed by atoms with van der Waals surface area (Å²) in [5.41, 5.74) is 2.34. The van der Waals surface area contributed by atoms with Gasteiger partial charge in [-0.15, -0.1) is 0 Å². The van der Waals surface area contributed by atoms with Crippen molar-refractivity contribution >= 4 is 28.6 Å². The molecule has 0 radical (unpaired) electrons. The first-order valence-electron chi connectivity index (χ1n) is 7.65. The lowest BCUT2D eigenvalue weighted by molar-refractivity contribution is 0.0600. The van der Waals surface area contributed by atoms with Crippen LogP contribution in [0.4, 0.5) is 0 Å². The van der Waals surface area contributed by atoms with Crippen LogP contribution in [0.2, 0.25) is 5.02 Å². The van der Waals surface area contributed by atoms with Crippen molar-refractivity contribution in [3.63, 3.8) is 0 Å². The number of hydrogen-bond donors (Lipinski definition) is 1. The molecule has 4 rings (SSSR count). The Balaban J connectivity index is 1.90. The van der Waals surface area contributed by atoms with Gasteiger partial charge in [0.05, 0.1) is 29.2 Å². The summed E-state index contributed by atoms with van der Waals surface area (Å²) >= 11 is 6.02. The van der Waals surface area contributed by atoms with E-state index in [-0.39, 0.29) is 11.7 Å². The molecule has 0 spiro atoms. The first-order chi connectivity index (χ1) is 11.5. The fraction of sp³-hybridized carbons (Fsp3) is 0.222. The van der Waals surface area contributed by atoms with E-state index in [9.17, 15) is 9.59 Å². The Hall–Kier alpha value is -2.53. The first-order valence-corrected chi connectivity index (χ1v) is 8.02. The van der Waals surface area contributed by atoms with Crippen molar-refractivity contribution in [2.45, 2.75) is 18.4 Å². The normalized spacial score (nSPS) is 15.4. The van der Waals surface area contributed by atoms with Gasteiger partial charge in [-0.1, -0.05) is 23.7 Å². The molecule has 1 saturated carbocycles. The van der Waals surface area contributed by atoms with Crippen LogP contribution in [0, 0.1) is 0 Å². The summed E-state index contributed by atoms with van der Waals surface area (Å²) < 4.78 is 6.57. The van der Waals surface area contributed by atoms with Crippen LogP contribution in [0.5, 0.6) is 0 Å². The molecule has 0 bridgehead atoms. The van der Waals surface area contributed by atoms with Crippen LogP contribution >= 0.6 is 11.6 Å². The van der Waals surface area contributed by atoms with Crippen LogP contribution in [0.3, 0.4) is 0 Å². The van der Waals surface area contributed by atoms with E-state index in [0.29, 0.717) is 16.1 Å². The summed E-state index contributed by atoms with van der Waals surface area (Å²) in [6, 6.07) is 12.6. The summed E-state index contributed by atoms with van der Waals surface area (Å²) in [5.74, 6) is -0.384. The first kappa shape index (κ1) is 15.0. The number of H-pyrrole nitrogens is 1. The highest BCUT2D eigenvalue weighted by molar-refractivity contribution is 6.31. The van der Waals surface area contributed by atoms with Gasteiger partial charge in [0.1, 0.15) is 0 Å². The second kappa shape index (κ2) is 5.24. The zero-order chi connectivity index (χ0) is 16.9. The smallest absolute Gasteiger partial charge is 0.337 e. The van der Waals surface area contributed by atoms with Crippen LogP contribution in [0.1, 0.15) is 28.8 Å². The van der Waals surface area contributed by atoms with Crippen LogP contribution in [0.15, 0.2) is 47.3 Å². The van der Waals surface area contributed by atoms with E-state index in [1.165, 1.54) is 7.11 Å². The molecule has 0 amide bonds. The summed E-state index contributed by atoms with van der Waals surface area (Å²) in [6.45, 7) is 0. The van der Waals surface area contributed by atoms with Crippen LogP contribution in [-0.4, -0.2) is 22.6 Å². The number of aromatic amines is 1. The summed E-state index contributed by atoms with van der Waals surface area (Å²) in [6.07, 6.45) is 1.68. The van der Waals surface area contributed by atoms with Gasteiger partial charge in [0.25, 0.3) is 0 Å². The number of imidazole rings is 1. The van der Waals surface area contributed by atoms with Gasteiger partial charge < -0.3 is 9.72 Å². The molecule has 1 aliphatic rings. The van der Waals surface area contributed by atoms with Gasteiger partial charge in [0.15, 0.2) is 0 Å². The summed E-state index contributed by atoms with van der Waals surface area (Å²) in [5, 5.41) is 0.577. The number of esters is 1. The Kier molecular flexibility index (Phi) is 3.28. The molecule has 0 unspecified atom stereocenters. The Morgan fingerprint density at radius 1 is 1.25 bits per heavy atom. The van der Waals surface area contributed by atoms with Crippen molar-refractivity contribution < 1.29 is 9.53 Å². The van der Waals surface area contributed by atoms with Crippen LogP contribution < -0.4 is 5.69 Å². The lowest BCUT2D eigenvalue weighted by Crippen LogP contribution is -2.29. The Morgan fingerprint density at radius 2 is 2.04 bits per heavy atom. The number of carbonyl (C=O) groups is 1. The predicted octanol–water partition coefficient (Wildman–Crippen LogP) is 3.31. The monoisotopic (exact) mass is 342 g/mol. The number of halogens is 1. The molecule has 24 heavy (non-hydrogen) atoms. The number of nitrogens with one attached hydrogen (secondary N) is 1. The lowest BCUT2D eigenvalue weighted by Gasteiger charge is -2.18. The van der Waals surface area contributed by atoms with Gasteiger partial charge in [0.2, 0.25) is 0 Å². The Morgan fingerprint density at radius 3 is 2.75 bits per heavy atom. The number of benzene rings is 2. The quantitative estimate of drug-likeness (QED) is 0.743. The molecule has 1 aliphatic carbocycles. The standard InChI is InChI=1S/C18H15ClN2O3/c1-24-16(22)11-3-2-4-12(9-11)18(7-8-18)21-15-6-5-13(19)10-14(15)20-17(21)23/h2-6,9-10H,7-8H2,1H3,(H,20,23). The number of nitrogens with zero attached hydrogens (tertiary/aromatic N) is 1. The Bertz CT molecular complexity index is 1010. The van der Waals surface area contributed by atoms with E-state index in [1.54, 1.807) is 28.8 Å². The molecule has 1 N–H and O–H groups in total. The topological polar surface area (TPSA) is 64.1 Å². The third kappa shape index (κ3) is 2.16. The van der Waals surface area contributed by atoms with Crippen molar-refractivity contribution in [1.29, 1.82) is 0 Å².